The van der Waals surface area contributed by atoms with Gasteiger partial charge in [-0.05, 0) is 23.6 Å². The Labute approximate surface area is 88.4 Å². The van der Waals surface area contributed by atoms with E-state index in [-0.39, 0.29) is 18.3 Å². The first kappa shape index (κ1) is 10.3. The molecule has 0 saturated carbocycles. The summed E-state index contributed by atoms with van der Waals surface area (Å²) in [5.74, 6) is -0.0768. The van der Waals surface area contributed by atoms with Crippen molar-refractivity contribution in [1.29, 1.82) is 0 Å². The van der Waals surface area contributed by atoms with Crippen molar-refractivity contribution < 1.29 is 15.0 Å². The summed E-state index contributed by atoms with van der Waals surface area (Å²) in [6, 6.07) is 5.15. The fourth-order valence-corrected chi connectivity index (χ4v) is 2.04. The van der Waals surface area contributed by atoms with Crippen molar-refractivity contribution in [3.8, 4) is 0 Å². The number of carbonyl (C=O) groups excluding carboxylic acids is 1. The molecule has 2 atom stereocenters. The van der Waals surface area contributed by atoms with E-state index in [2.05, 4.69) is 0 Å². The highest BCUT2D eigenvalue weighted by Gasteiger charge is 2.29. The number of hydrogen-bond acceptors (Lipinski definition) is 3. The molecule has 3 nitrogen and oxygen atoms in total. The molecule has 1 aromatic carbocycles. The van der Waals surface area contributed by atoms with Crippen LogP contribution in [0.3, 0.4) is 0 Å². The Balaban J connectivity index is 2.52. The smallest absolute Gasteiger partial charge is 0.166 e. The number of carbonyl (C=O) groups is 1. The van der Waals surface area contributed by atoms with Gasteiger partial charge in [-0.2, -0.15) is 0 Å². The minimum atomic E-state index is -0.555. The normalized spacial score (nSPS) is 25.1. The van der Waals surface area contributed by atoms with E-state index < -0.39 is 6.10 Å². The number of benzene rings is 1. The number of Topliss-reactive ketones (excluding diaryl/α,β-unsaturated/α-hetero) is 1. The summed E-state index contributed by atoms with van der Waals surface area (Å²) in [6.45, 7) is 1.74. The van der Waals surface area contributed by atoms with Crippen molar-refractivity contribution in [3.05, 3.63) is 34.9 Å². The fourth-order valence-electron chi connectivity index (χ4n) is 2.04. The Kier molecular flexibility index (Phi) is 2.59. The first-order valence-corrected chi connectivity index (χ1v) is 5.09. The number of aliphatic hydroxyl groups excluding tert-OH is 2. The van der Waals surface area contributed by atoms with Gasteiger partial charge < -0.3 is 10.2 Å². The van der Waals surface area contributed by atoms with E-state index in [4.69, 9.17) is 5.11 Å². The number of fused-ring (bicyclic) bond motifs is 1. The van der Waals surface area contributed by atoms with Gasteiger partial charge >= 0.3 is 0 Å². The van der Waals surface area contributed by atoms with Crippen LogP contribution in [0.15, 0.2) is 18.2 Å². The fraction of sp³-hybridized carbons (Fsp3) is 0.417. The molecule has 0 unspecified atom stereocenters. The SMILES string of the molecule is C[C@@H]1C[C@H](O)c2ccc(CO)cc2C1=O. The summed E-state index contributed by atoms with van der Waals surface area (Å²) in [7, 11) is 0. The molecule has 15 heavy (non-hydrogen) atoms. The maximum atomic E-state index is 11.8. The van der Waals surface area contributed by atoms with Crippen LogP contribution >= 0.6 is 0 Å². The van der Waals surface area contributed by atoms with E-state index in [9.17, 15) is 9.90 Å². The van der Waals surface area contributed by atoms with E-state index in [1.807, 2.05) is 6.92 Å². The quantitative estimate of drug-likeness (QED) is 0.731. The van der Waals surface area contributed by atoms with Gasteiger partial charge in [0.15, 0.2) is 5.78 Å². The van der Waals surface area contributed by atoms with E-state index in [1.54, 1.807) is 18.2 Å². The molecule has 0 bridgehead atoms. The molecule has 1 aliphatic carbocycles. The summed E-state index contributed by atoms with van der Waals surface area (Å²) in [5.41, 5.74) is 1.96. The third-order valence-corrected chi connectivity index (χ3v) is 2.95. The van der Waals surface area contributed by atoms with Crippen molar-refractivity contribution in [3.63, 3.8) is 0 Å². The molecule has 0 saturated heterocycles. The minimum Gasteiger partial charge on any atom is -0.392 e. The van der Waals surface area contributed by atoms with E-state index in [1.165, 1.54) is 0 Å². The van der Waals surface area contributed by atoms with E-state index in [0.29, 0.717) is 23.1 Å². The Hall–Kier alpha value is -1.19. The molecule has 0 radical (unpaired) electrons. The molecule has 1 aliphatic rings. The minimum absolute atomic E-state index is 0.0607. The first-order chi connectivity index (χ1) is 7.13. The zero-order valence-electron chi connectivity index (χ0n) is 8.60. The highest BCUT2D eigenvalue weighted by molar-refractivity contribution is 6.00. The second kappa shape index (κ2) is 3.76. The predicted octanol–water partition coefficient (Wildman–Crippen LogP) is 1.43. The number of ketones is 1. The maximum absolute atomic E-state index is 11.8. The molecule has 0 amide bonds. The van der Waals surface area contributed by atoms with Gasteiger partial charge in [-0.3, -0.25) is 4.79 Å². The van der Waals surface area contributed by atoms with E-state index in [0.717, 1.165) is 0 Å². The third kappa shape index (κ3) is 1.68. The van der Waals surface area contributed by atoms with Crippen LogP contribution in [-0.4, -0.2) is 16.0 Å². The van der Waals surface area contributed by atoms with Gasteiger partial charge in [0.2, 0.25) is 0 Å². The van der Waals surface area contributed by atoms with Gasteiger partial charge in [0.05, 0.1) is 12.7 Å². The second-order valence-electron chi connectivity index (χ2n) is 4.10. The summed E-state index contributed by atoms with van der Waals surface area (Å²) >= 11 is 0. The topological polar surface area (TPSA) is 57.5 Å². The molecule has 0 aliphatic heterocycles. The number of rotatable bonds is 1. The molecule has 0 aromatic heterocycles. The molecule has 0 heterocycles. The highest BCUT2D eigenvalue weighted by atomic mass is 16.3. The summed E-state index contributed by atoms with van der Waals surface area (Å²) in [4.78, 5) is 11.8. The molecule has 0 spiro atoms. The number of hydrogen-bond donors (Lipinski definition) is 2. The van der Waals surface area contributed by atoms with Gasteiger partial charge in [-0.25, -0.2) is 0 Å². The molecular formula is C12H14O3. The van der Waals surface area contributed by atoms with Crippen molar-refractivity contribution in [2.45, 2.75) is 26.1 Å². The molecule has 0 fully saturated rings. The van der Waals surface area contributed by atoms with Crippen LogP contribution in [-0.2, 0) is 6.61 Å². The van der Waals surface area contributed by atoms with Crippen LogP contribution in [0.2, 0.25) is 0 Å². The largest absolute Gasteiger partial charge is 0.392 e. The second-order valence-corrected chi connectivity index (χ2v) is 4.10. The lowest BCUT2D eigenvalue weighted by Crippen LogP contribution is -2.23. The predicted molar refractivity (Wildman–Crippen MR) is 55.4 cm³/mol. The van der Waals surface area contributed by atoms with Crippen LogP contribution in [0.1, 0.15) is 40.9 Å². The Morgan fingerprint density at radius 1 is 1.47 bits per heavy atom. The lowest BCUT2D eigenvalue weighted by atomic mass is 9.81. The van der Waals surface area contributed by atoms with Crippen LogP contribution in [0.25, 0.3) is 0 Å². The molecule has 2 N–H and O–H groups in total. The summed E-state index contributed by atoms with van der Waals surface area (Å²) in [5, 5.41) is 18.8. The molecule has 1 aromatic rings. The van der Waals surface area contributed by atoms with Crippen molar-refractivity contribution in [2.75, 3.05) is 0 Å². The first-order valence-electron chi connectivity index (χ1n) is 5.09. The number of aliphatic hydroxyl groups is 2. The van der Waals surface area contributed by atoms with Crippen LogP contribution < -0.4 is 0 Å². The molecule has 2 rings (SSSR count). The van der Waals surface area contributed by atoms with Gasteiger partial charge in [0, 0.05) is 11.5 Å². The Morgan fingerprint density at radius 2 is 2.20 bits per heavy atom. The summed E-state index contributed by atoms with van der Waals surface area (Å²) in [6.07, 6.45) is -0.0648. The maximum Gasteiger partial charge on any atom is 0.166 e. The zero-order chi connectivity index (χ0) is 11.0. The monoisotopic (exact) mass is 206 g/mol. The molecule has 3 heteroatoms. The van der Waals surface area contributed by atoms with Crippen molar-refractivity contribution in [2.24, 2.45) is 5.92 Å². The van der Waals surface area contributed by atoms with Crippen molar-refractivity contribution >= 4 is 5.78 Å². The lowest BCUT2D eigenvalue weighted by Gasteiger charge is -2.25. The summed E-state index contributed by atoms with van der Waals surface area (Å²) < 4.78 is 0. The van der Waals surface area contributed by atoms with Gasteiger partial charge in [0.1, 0.15) is 0 Å². The zero-order valence-corrected chi connectivity index (χ0v) is 8.60. The van der Waals surface area contributed by atoms with Crippen LogP contribution in [0.4, 0.5) is 0 Å². The van der Waals surface area contributed by atoms with Crippen LogP contribution in [0, 0.1) is 5.92 Å². The van der Waals surface area contributed by atoms with Crippen LogP contribution in [0.5, 0.6) is 0 Å². The average molecular weight is 206 g/mol. The van der Waals surface area contributed by atoms with Crippen molar-refractivity contribution in [1.82, 2.24) is 0 Å². The molecule has 80 valence electrons. The highest BCUT2D eigenvalue weighted by Crippen LogP contribution is 2.33. The van der Waals surface area contributed by atoms with Gasteiger partial charge in [-0.15, -0.1) is 0 Å². The molecular weight excluding hydrogens is 192 g/mol. The Bertz CT molecular complexity index is 398. The van der Waals surface area contributed by atoms with E-state index >= 15 is 0 Å². The lowest BCUT2D eigenvalue weighted by molar-refractivity contribution is 0.0795. The average Bonchev–Trinajstić information content (AvgIpc) is 2.25. The van der Waals surface area contributed by atoms with Gasteiger partial charge in [-0.1, -0.05) is 19.1 Å². The standard InChI is InChI=1S/C12H14O3/c1-7-4-11(14)9-3-2-8(6-13)5-10(9)12(7)15/h2-3,5,7,11,13-14H,4,6H2,1H3/t7-,11+/m1/s1. The Morgan fingerprint density at radius 3 is 2.87 bits per heavy atom. The van der Waals surface area contributed by atoms with Gasteiger partial charge in [0.25, 0.3) is 0 Å². The third-order valence-electron chi connectivity index (χ3n) is 2.95.